The number of phenolic OH excluding ortho intramolecular Hbond substituents is 1. The van der Waals surface area contributed by atoms with Gasteiger partial charge in [0.25, 0.3) is 10.1 Å². The van der Waals surface area contributed by atoms with E-state index in [-0.39, 0.29) is 11.5 Å². The highest BCUT2D eigenvalue weighted by Gasteiger charge is 2.56. The van der Waals surface area contributed by atoms with Gasteiger partial charge in [-0.25, -0.2) is 0 Å². The normalized spacial score (nSPS) is 32.1. The van der Waals surface area contributed by atoms with E-state index in [1.165, 1.54) is 49.7 Å². The maximum Gasteiger partial charge on any atom is 0.264 e. The van der Waals surface area contributed by atoms with E-state index in [1.807, 2.05) is 12.1 Å². The molecule has 0 heterocycles. The summed E-state index contributed by atoms with van der Waals surface area (Å²) in [5, 5.41) is 21.0. The standard InChI is InChI=1S/C29H46O5S/c1-29-17-16-25-24-13-12-23(30)20-22(24)19-21(28(25)26(29)14-15-27(29)31)11-9-7-5-3-4-6-8-10-18-34-35(2,32)33/h12-13,20-21,25-28,30-31H,3-11,14-19H2,1-2H3/t21-,25-,26+,27+,28-,29+/m1/s1. The molecule has 0 aromatic heterocycles. The van der Waals surface area contributed by atoms with Crippen molar-refractivity contribution in [2.24, 2.45) is 23.2 Å². The lowest BCUT2D eigenvalue weighted by Crippen LogP contribution is -2.47. The van der Waals surface area contributed by atoms with Gasteiger partial charge in [0, 0.05) is 0 Å². The molecule has 2 fully saturated rings. The van der Waals surface area contributed by atoms with Crippen LogP contribution in [0.25, 0.3) is 0 Å². The molecule has 2 N–H and O–H groups in total. The predicted octanol–water partition coefficient (Wildman–Crippen LogP) is 6.32. The highest BCUT2D eigenvalue weighted by molar-refractivity contribution is 7.85. The van der Waals surface area contributed by atoms with Gasteiger partial charge in [0.1, 0.15) is 5.75 Å². The number of fused-ring (bicyclic) bond motifs is 5. The van der Waals surface area contributed by atoms with Gasteiger partial charge < -0.3 is 10.2 Å². The third-order valence-corrected chi connectivity index (χ3v) is 10.2. The molecular formula is C29H46O5S. The largest absolute Gasteiger partial charge is 0.508 e. The van der Waals surface area contributed by atoms with Gasteiger partial charge in [-0.15, -0.1) is 0 Å². The van der Waals surface area contributed by atoms with Crippen LogP contribution in [0.1, 0.15) is 107 Å². The molecule has 0 saturated heterocycles. The van der Waals surface area contributed by atoms with Crippen molar-refractivity contribution in [3.8, 4) is 5.75 Å². The quantitative estimate of drug-likeness (QED) is 0.256. The van der Waals surface area contributed by atoms with Crippen molar-refractivity contribution in [1.29, 1.82) is 0 Å². The first-order valence-corrected chi connectivity index (χ1v) is 15.8. The van der Waals surface area contributed by atoms with Gasteiger partial charge in [-0.3, -0.25) is 4.18 Å². The first-order chi connectivity index (χ1) is 16.7. The molecule has 5 nitrogen and oxygen atoms in total. The number of hydrogen-bond acceptors (Lipinski definition) is 5. The van der Waals surface area contributed by atoms with Crippen molar-refractivity contribution in [3.63, 3.8) is 0 Å². The van der Waals surface area contributed by atoms with Gasteiger partial charge >= 0.3 is 0 Å². The fraction of sp³-hybridized carbons (Fsp3) is 0.793. The van der Waals surface area contributed by atoms with Crippen molar-refractivity contribution in [3.05, 3.63) is 29.3 Å². The minimum atomic E-state index is -3.30. The number of aromatic hydroxyl groups is 1. The van der Waals surface area contributed by atoms with E-state index in [2.05, 4.69) is 13.0 Å². The van der Waals surface area contributed by atoms with Gasteiger partial charge in [-0.1, -0.05) is 57.9 Å². The van der Waals surface area contributed by atoms with Gasteiger partial charge in [0.15, 0.2) is 0 Å². The number of phenols is 1. The Morgan fingerprint density at radius 3 is 2.40 bits per heavy atom. The number of rotatable bonds is 12. The number of benzene rings is 1. The lowest BCUT2D eigenvalue weighted by Gasteiger charge is -2.53. The van der Waals surface area contributed by atoms with E-state index in [9.17, 15) is 18.6 Å². The molecule has 0 spiro atoms. The molecule has 1 aromatic rings. The number of unbranched alkanes of at least 4 members (excludes halogenated alkanes) is 7. The van der Waals surface area contributed by atoms with Crippen LogP contribution in [0.15, 0.2) is 18.2 Å². The maximum absolute atomic E-state index is 11.0. The van der Waals surface area contributed by atoms with E-state index < -0.39 is 10.1 Å². The Balaban J connectivity index is 1.25. The molecule has 3 aliphatic rings. The third-order valence-electron chi connectivity index (χ3n) is 9.60. The zero-order chi connectivity index (χ0) is 25.1. The zero-order valence-electron chi connectivity index (χ0n) is 21.8. The minimum Gasteiger partial charge on any atom is -0.508 e. The summed E-state index contributed by atoms with van der Waals surface area (Å²) in [4.78, 5) is 0. The maximum atomic E-state index is 11.0. The summed E-state index contributed by atoms with van der Waals surface area (Å²) in [6.45, 7) is 2.66. The Hall–Kier alpha value is -1.11. The summed E-state index contributed by atoms with van der Waals surface area (Å²) in [6.07, 6.45) is 16.9. The van der Waals surface area contributed by atoms with Crippen LogP contribution in [0.4, 0.5) is 0 Å². The molecule has 4 rings (SSSR count). The predicted molar refractivity (Wildman–Crippen MR) is 140 cm³/mol. The Morgan fingerprint density at radius 2 is 1.69 bits per heavy atom. The minimum absolute atomic E-state index is 0.0835. The fourth-order valence-electron chi connectivity index (χ4n) is 7.81. The third kappa shape index (κ3) is 6.42. The second-order valence-electron chi connectivity index (χ2n) is 11.9. The average Bonchev–Trinajstić information content (AvgIpc) is 3.10. The summed E-state index contributed by atoms with van der Waals surface area (Å²) in [6, 6.07) is 6.06. The van der Waals surface area contributed by atoms with Crippen LogP contribution < -0.4 is 0 Å². The first kappa shape index (κ1) is 26.9. The molecule has 0 radical (unpaired) electrons. The van der Waals surface area contributed by atoms with E-state index in [1.54, 1.807) is 0 Å². The van der Waals surface area contributed by atoms with Crippen molar-refractivity contribution < 1.29 is 22.8 Å². The number of aliphatic hydroxyl groups excluding tert-OH is 1. The molecule has 1 aromatic carbocycles. The van der Waals surface area contributed by atoms with Crippen LogP contribution in [-0.4, -0.2) is 37.6 Å². The molecule has 0 aliphatic heterocycles. The van der Waals surface area contributed by atoms with E-state index in [4.69, 9.17) is 4.18 Å². The Bertz CT molecular complexity index is 944. The lowest BCUT2D eigenvalue weighted by atomic mass is 9.52. The van der Waals surface area contributed by atoms with Crippen LogP contribution in [-0.2, 0) is 20.7 Å². The average molecular weight is 507 g/mol. The summed E-state index contributed by atoms with van der Waals surface area (Å²) < 4.78 is 26.7. The van der Waals surface area contributed by atoms with Crippen molar-refractivity contribution in [2.75, 3.05) is 12.9 Å². The van der Waals surface area contributed by atoms with Gasteiger partial charge in [0.05, 0.1) is 19.0 Å². The molecule has 6 atom stereocenters. The molecular weight excluding hydrogens is 460 g/mol. The van der Waals surface area contributed by atoms with Crippen molar-refractivity contribution >= 4 is 10.1 Å². The number of aliphatic hydroxyl groups is 1. The monoisotopic (exact) mass is 506 g/mol. The van der Waals surface area contributed by atoms with Crippen LogP contribution in [0.5, 0.6) is 5.75 Å². The van der Waals surface area contributed by atoms with Crippen LogP contribution >= 0.6 is 0 Å². The van der Waals surface area contributed by atoms with Crippen molar-refractivity contribution in [1.82, 2.24) is 0 Å². The molecule has 2 saturated carbocycles. The van der Waals surface area contributed by atoms with Crippen molar-refractivity contribution in [2.45, 2.75) is 109 Å². The summed E-state index contributed by atoms with van der Waals surface area (Å²) in [5.41, 5.74) is 2.91. The topological polar surface area (TPSA) is 83.8 Å². The van der Waals surface area contributed by atoms with Gasteiger partial charge in [-0.05, 0) is 97.3 Å². The second-order valence-corrected chi connectivity index (χ2v) is 13.6. The van der Waals surface area contributed by atoms with Crippen LogP contribution in [0, 0.1) is 23.2 Å². The van der Waals surface area contributed by atoms with Crippen LogP contribution in [0.3, 0.4) is 0 Å². The molecule has 6 heteroatoms. The van der Waals surface area contributed by atoms with Gasteiger partial charge in [-0.2, -0.15) is 8.42 Å². The summed E-state index contributed by atoms with van der Waals surface area (Å²) in [7, 11) is -3.30. The SMILES string of the molecule is C[C@]12CC[C@@H]3c4ccc(O)cc4C[C@@H](CCCCCCCCCCOS(C)(=O)=O)[C@H]3[C@@H]1CC[C@@H]2O. The molecule has 0 unspecified atom stereocenters. The molecule has 0 amide bonds. The summed E-state index contributed by atoms with van der Waals surface area (Å²) >= 11 is 0. The van der Waals surface area contributed by atoms with Gasteiger partial charge in [0.2, 0.25) is 0 Å². The van der Waals surface area contributed by atoms with E-state index >= 15 is 0 Å². The Morgan fingerprint density at radius 1 is 1.00 bits per heavy atom. The lowest BCUT2D eigenvalue weighted by molar-refractivity contribution is -0.0396. The van der Waals surface area contributed by atoms with E-state index in [0.717, 1.165) is 57.6 Å². The fourth-order valence-corrected chi connectivity index (χ4v) is 8.23. The van der Waals surface area contributed by atoms with E-state index in [0.29, 0.717) is 36.0 Å². The summed E-state index contributed by atoms with van der Waals surface area (Å²) in [5.74, 6) is 2.91. The first-order valence-electron chi connectivity index (χ1n) is 14.0. The molecule has 0 bridgehead atoms. The molecule has 35 heavy (non-hydrogen) atoms. The Labute approximate surface area is 212 Å². The van der Waals surface area contributed by atoms with Crippen LogP contribution in [0.2, 0.25) is 0 Å². The molecule has 3 aliphatic carbocycles. The smallest absolute Gasteiger partial charge is 0.264 e. The molecule has 198 valence electrons. The highest BCUT2D eigenvalue weighted by atomic mass is 32.2. The number of hydrogen-bond donors (Lipinski definition) is 2. The Kier molecular flexibility index (Phi) is 8.86. The second kappa shape index (κ2) is 11.5. The zero-order valence-corrected chi connectivity index (χ0v) is 22.6. The highest BCUT2D eigenvalue weighted by Crippen LogP contribution is 2.62.